The molecule has 0 bridgehead atoms. The lowest BCUT2D eigenvalue weighted by molar-refractivity contribution is 0.414. The molecule has 21 heavy (non-hydrogen) atoms. The van der Waals surface area contributed by atoms with Gasteiger partial charge in [-0.2, -0.15) is 0 Å². The summed E-state index contributed by atoms with van der Waals surface area (Å²) in [5.41, 5.74) is 1.17. The number of nitrogens with one attached hydrogen (secondary N) is 1. The van der Waals surface area contributed by atoms with Crippen molar-refractivity contribution in [1.82, 2.24) is 9.55 Å². The quantitative estimate of drug-likeness (QED) is 0.782. The molecular weight excluding hydrogens is 268 g/mol. The molecule has 0 spiro atoms. The first-order valence-corrected chi connectivity index (χ1v) is 6.51. The Balaban J connectivity index is 2.32. The molecule has 1 heterocycles. The van der Waals surface area contributed by atoms with E-state index in [0.717, 1.165) is 10.1 Å². The van der Waals surface area contributed by atoms with Crippen LogP contribution in [0, 0.1) is 6.92 Å². The largest absolute Gasteiger partial charge is 0.497 e. The maximum absolute atomic E-state index is 12.6. The molecule has 1 N–H and O–H groups in total. The number of para-hydroxylation sites is 1. The summed E-state index contributed by atoms with van der Waals surface area (Å²) in [4.78, 5) is 27.6. The van der Waals surface area contributed by atoms with E-state index >= 15 is 0 Å². The minimum absolute atomic E-state index is 0.331. The van der Waals surface area contributed by atoms with Crippen molar-refractivity contribution in [3.8, 4) is 11.4 Å². The van der Waals surface area contributed by atoms with Crippen molar-refractivity contribution in [2.75, 3.05) is 7.11 Å². The summed E-state index contributed by atoms with van der Waals surface area (Å²) in [6.45, 7) is 1.86. The maximum Gasteiger partial charge on any atom is 0.333 e. The van der Waals surface area contributed by atoms with Crippen LogP contribution in [0.2, 0.25) is 0 Å². The third-order valence-electron chi connectivity index (χ3n) is 3.47. The van der Waals surface area contributed by atoms with Crippen LogP contribution in [0.25, 0.3) is 16.6 Å². The minimum atomic E-state index is -0.452. The van der Waals surface area contributed by atoms with E-state index in [4.69, 9.17) is 4.74 Å². The van der Waals surface area contributed by atoms with Gasteiger partial charge in [-0.15, -0.1) is 0 Å². The second kappa shape index (κ2) is 4.94. The predicted molar refractivity (Wildman–Crippen MR) is 81.5 cm³/mol. The molecule has 5 heteroatoms. The molecule has 0 aliphatic heterocycles. The molecule has 3 rings (SSSR count). The molecule has 2 aromatic carbocycles. The predicted octanol–water partition coefficient (Wildman–Crippen LogP) is 2.00. The number of rotatable bonds is 2. The second-order valence-electron chi connectivity index (χ2n) is 4.77. The number of H-pyrrole nitrogens is 1. The smallest absolute Gasteiger partial charge is 0.333 e. The van der Waals surface area contributed by atoms with Gasteiger partial charge in [-0.25, -0.2) is 9.36 Å². The van der Waals surface area contributed by atoms with Gasteiger partial charge in [0.25, 0.3) is 5.56 Å². The fourth-order valence-corrected chi connectivity index (χ4v) is 2.35. The number of fused-ring (bicyclic) bond motifs is 1. The van der Waals surface area contributed by atoms with E-state index in [1.54, 1.807) is 43.5 Å². The first kappa shape index (κ1) is 13.2. The summed E-state index contributed by atoms with van der Waals surface area (Å²) >= 11 is 0. The van der Waals surface area contributed by atoms with Gasteiger partial charge in [0, 0.05) is 0 Å². The van der Waals surface area contributed by atoms with Crippen LogP contribution < -0.4 is 16.0 Å². The Bertz CT molecular complexity index is 921. The van der Waals surface area contributed by atoms with Gasteiger partial charge in [0.1, 0.15) is 5.75 Å². The first-order valence-electron chi connectivity index (χ1n) is 6.51. The lowest BCUT2D eigenvalue weighted by atomic mass is 10.1. The third kappa shape index (κ3) is 2.12. The summed E-state index contributed by atoms with van der Waals surface area (Å²) in [7, 11) is 1.56. The lowest BCUT2D eigenvalue weighted by Crippen LogP contribution is -2.33. The molecule has 0 aliphatic rings. The van der Waals surface area contributed by atoms with Crippen molar-refractivity contribution < 1.29 is 4.74 Å². The maximum atomic E-state index is 12.6. The summed E-state index contributed by atoms with van der Waals surface area (Å²) in [5, 5.41) is 0.491. The van der Waals surface area contributed by atoms with Gasteiger partial charge in [-0.1, -0.05) is 12.1 Å². The van der Waals surface area contributed by atoms with Gasteiger partial charge in [0.05, 0.1) is 23.7 Å². The Morgan fingerprint density at radius 2 is 1.76 bits per heavy atom. The van der Waals surface area contributed by atoms with Crippen LogP contribution in [0.5, 0.6) is 5.75 Å². The van der Waals surface area contributed by atoms with Crippen molar-refractivity contribution in [2.24, 2.45) is 0 Å². The first-order chi connectivity index (χ1) is 10.1. The van der Waals surface area contributed by atoms with Crippen molar-refractivity contribution in [2.45, 2.75) is 6.92 Å². The zero-order valence-corrected chi connectivity index (χ0v) is 11.7. The summed E-state index contributed by atoms with van der Waals surface area (Å²) in [5.74, 6) is 0.667. The molecule has 0 saturated heterocycles. The average molecular weight is 282 g/mol. The number of aryl methyl sites for hydroxylation is 1. The van der Waals surface area contributed by atoms with Crippen molar-refractivity contribution >= 4 is 10.9 Å². The van der Waals surface area contributed by atoms with E-state index in [0.29, 0.717) is 22.3 Å². The fourth-order valence-electron chi connectivity index (χ4n) is 2.35. The Morgan fingerprint density at radius 3 is 2.43 bits per heavy atom. The van der Waals surface area contributed by atoms with Gasteiger partial charge >= 0.3 is 5.69 Å². The Kier molecular flexibility index (Phi) is 3.10. The highest BCUT2D eigenvalue weighted by Gasteiger charge is 2.10. The highest BCUT2D eigenvalue weighted by molar-refractivity contribution is 5.80. The van der Waals surface area contributed by atoms with Gasteiger partial charge in [-0.05, 0) is 42.8 Å². The topological polar surface area (TPSA) is 64.1 Å². The number of aromatic amines is 1. The molecule has 1 aromatic heterocycles. The number of methoxy groups -OCH3 is 1. The van der Waals surface area contributed by atoms with Crippen LogP contribution in [0.1, 0.15) is 5.56 Å². The Morgan fingerprint density at radius 1 is 1.05 bits per heavy atom. The number of benzene rings is 2. The molecule has 0 aliphatic carbocycles. The highest BCUT2D eigenvalue weighted by atomic mass is 16.5. The van der Waals surface area contributed by atoms with E-state index in [2.05, 4.69) is 4.98 Å². The summed E-state index contributed by atoms with van der Waals surface area (Å²) in [6, 6.07) is 12.1. The van der Waals surface area contributed by atoms with Crippen molar-refractivity contribution in [3.63, 3.8) is 0 Å². The van der Waals surface area contributed by atoms with Crippen LogP contribution in [-0.2, 0) is 0 Å². The van der Waals surface area contributed by atoms with Crippen LogP contribution >= 0.6 is 0 Å². The highest BCUT2D eigenvalue weighted by Crippen LogP contribution is 2.14. The minimum Gasteiger partial charge on any atom is -0.497 e. The molecule has 0 fully saturated rings. The number of ether oxygens (including phenoxy) is 1. The summed E-state index contributed by atoms with van der Waals surface area (Å²) in [6.07, 6.45) is 0. The zero-order chi connectivity index (χ0) is 15.0. The van der Waals surface area contributed by atoms with Crippen molar-refractivity contribution in [1.29, 1.82) is 0 Å². The zero-order valence-electron chi connectivity index (χ0n) is 11.7. The van der Waals surface area contributed by atoms with Crippen molar-refractivity contribution in [3.05, 3.63) is 68.9 Å². The fraction of sp³-hybridized carbons (Fsp3) is 0.125. The van der Waals surface area contributed by atoms with Gasteiger partial charge in [0.15, 0.2) is 0 Å². The lowest BCUT2D eigenvalue weighted by Gasteiger charge is -2.08. The van der Waals surface area contributed by atoms with Crippen LogP contribution in [-0.4, -0.2) is 16.7 Å². The van der Waals surface area contributed by atoms with Crippen LogP contribution in [0.3, 0.4) is 0 Å². The van der Waals surface area contributed by atoms with Crippen LogP contribution in [0.4, 0.5) is 0 Å². The number of hydrogen-bond acceptors (Lipinski definition) is 3. The SMILES string of the molecule is COc1ccc(-n2c(=O)[nH]c3c(C)cccc3c2=O)cc1. The van der Waals surface area contributed by atoms with Crippen LogP contribution in [0.15, 0.2) is 52.1 Å². The normalized spacial score (nSPS) is 10.8. The molecule has 5 nitrogen and oxygen atoms in total. The molecule has 0 radical (unpaired) electrons. The van der Waals surface area contributed by atoms with Gasteiger partial charge in [-0.3, -0.25) is 4.79 Å². The van der Waals surface area contributed by atoms with E-state index in [1.165, 1.54) is 0 Å². The Hall–Kier alpha value is -2.82. The molecule has 106 valence electrons. The number of hydrogen-bond donors (Lipinski definition) is 1. The average Bonchev–Trinajstić information content (AvgIpc) is 2.49. The molecule has 0 atom stereocenters. The molecular formula is C16H14N2O3. The second-order valence-corrected chi connectivity index (χ2v) is 4.77. The number of nitrogens with zero attached hydrogens (tertiary/aromatic N) is 1. The number of aromatic nitrogens is 2. The van der Waals surface area contributed by atoms with E-state index in [9.17, 15) is 9.59 Å². The van der Waals surface area contributed by atoms with Gasteiger partial charge < -0.3 is 9.72 Å². The molecule has 0 saturated carbocycles. The molecule has 0 unspecified atom stereocenters. The third-order valence-corrected chi connectivity index (χ3v) is 3.47. The monoisotopic (exact) mass is 282 g/mol. The summed E-state index contributed by atoms with van der Waals surface area (Å²) < 4.78 is 6.20. The van der Waals surface area contributed by atoms with E-state index in [-0.39, 0.29) is 5.56 Å². The molecule has 3 aromatic rings. The molecule has 0 amide bonds. The van der Waals surface area contributed by atoms with Gasteiger partial charge in [0.2, 0.25) is 0 Å². The van der Waals surface area contributed by atoms with E-state index in [1.807, 2.05) is 13.0 Å². The standard InChI is InChI=1S/C16H14N2O3/c1-10-4-3-5-13-14(10)17-16(20)18(15(13)19)11-6-8-12(21-2)9-7-11/h3-9H,1-2H3,(H,17,20). The Labute approximate surface area is 120 Å². The van der Waals surface area contributed by atoms with E-state index < -0.39 is 5.69 Å².